The number of fused-ring (bicyclic) bond motifs is 5. The third kappa shape index (κ3) is 7.11. The van der Waals surface area contributed by atoms with Crippen molar-refractivity contribution in [2.24, 2.45) is 0 Å². The summed E-state index contributed by atoms with van der Waals surface area (Å²) in [6, 6.07) is 85.6. The van der Waals surface area contributed by atoms with Gasteiger partial charge in [0.1, 0.15) is 11.5 Å². The van der Waals surface area contributed by atoms with Gasteiger partial charge in [-0.2, -0.15) is 0 Å². The molecule has 0 saturated heterocycles. The average molecular weight is 862 g/mol. The predicted molar refractivity (Wildman–Crippen MR) is 283 cm³/mol. The van der Waals surface area contributed by atoms with Gasteiger partial charge < -0.3 is 19.4 Å². The quantitative estimate of drug-likeness (QED) is 0.142. The van der Waals surface area contributed by atoms with Gasteiger partial charge in [-0.1, -0.05) is 154 Å². The molecule has 5 heteroatoms. The molecule has 0 aliphatic carbocycles. The second-order valence-electron chi connectivity index (χ2n) is 18.6. The Balaban J connectivity index is 1.10. The van der Waals surface area contributed by atoms with Crippen molar-refractivity contribution in [3.63, 3.8) is 0 Å². The molecule has 0 radical (unpaired) electrons. The predicted octanol–water partition coefficient (Wildman–Crippen LogP) is 15.1. The van der Waals surface area contributed by atoms with Crippen molar-refractivity contribution in [3.05, 3.63) is 242 Å². The van der Waals surface area contributed by atoms with E-state index in [9.17, 15) is 0 Å². The number of para-hydroxylation sites is 4. The van der Waals surface area contributed by atoms with Crippen molar-refractivity contribution in [1.82, 2.24) is 0 Å². The van der Waals surface area contributed by atoms with Gasteiger partial charge >= 0.3 is 0 Å². The maximum atomic E-state index is 7.13. The third-order valence-corrected chi connectivity index (χ3v) is 13.4. The van der Waals surface area contributed by atoms with Crippen LogP contribution in [0.1, 0.15) is 26.3 Å². The van der Waals surface area contributed by atoms with Gasteiger partial charge in [0.2, 0.25) is 0 Å². The van der Waals surface area contributed by atoms with E-state index in [1.54, 1.807) is 0 Å². The van der Waals surface area contributed by atoms with Crippen LogP contribution in [-0.2, 0) is 5.41 Å². The van der Waals surface area contributed by atoms with Crippen LogP contribution >= 0.6 is 0 Å². The maximum absolute atomic E-state index is 7.13. The minimum absolute atomic E-state index is 0.0625. The number of anilines is 9. The molecule has 0 amide bonds. The summed E-state index contributed by atoms with van der Waals surface area (Å²) in [7, 11) is 0. The van der Waals surface area contributed by atoms with Crippen LogP contribution in [0, 0.1) is 0 Å². The second kappa shape index (κ2) is 16.3. The van der Waals surface area contributed by atoms with Crippen molar-refractivity contribution >= 4 is 85.1 Å². The van der Waals surface area contributed by atoms with E-state index in [1.165, 1.54) is 38.4 Å². The minimum Gasteiger partial charge on any atom is -0.458 e. The molecular weight excluding hydrogens is 814 g/mol. The highest BCUT2D eigenvalue weighted by Gasteiger charge is 2.43. The summed E-state index contributed by atoms with van der Waals surface area (Å²) < 4.78 is 7.13. The molecule has 0 N–H and O–H groups in total. The van der Waals surface area contributed by atoms with Gasteiger partial charge in [0.05, 0.1) is 5.69 Å². The van der Waals surface area contributed by atoms with Crippen LogP contribution < -0.4 is 35.8 Å². The van der Waals surface area contributed by atoms with Crippen molar-refractivity contribution < 1.29 is 4.74 Å². The Morgan fingerprint density at radius 2 is 0.940 bits per heavy atom. The zero-order chi connectivity index (χ0) is 45.1. The summed E-state index contributed by atoms with van der Waals surface area (Å²) in [5.41, 5.74) is 16.9. The molecule has 12 rings (SSSR count). The molecular formula is C62H48BN3O. The van der Waals surface area contributed by atoms with Crippen molar-refractivity contribution in [3.8, 4) is 22.6 Å². The highest BCUT2D eigenvalue weighted by atomic mass is 16.5. The normalized spacial score (nSPS) is 12.5. The average Bonchev–Trinajstić information content (AvgIpc) is 3.37. The fourth-order valence-electron chi connectivity index (χ4n) is 10.2. The van der Waals surface area contributed by atoms with Crippen LogP contribution in [0.2, 0.25) is 0 Å². The number of hydrogen-bond donors (Lipinski definition) is 0. The molecule has 0 atom stereocenters. The van der Waals surface area contributed by atoms with E-state index in [0.29, 0.717) is 0 Å². The standard InChI is InChI=1S/C62H48BN3O/c1-62(2,3)46-33-38-56(53(40-46)45-32-31-43-19-16-17-20-44(43)39-45)66-57-29-18-30-59-61(57)63(54-36-34-51(41-58(54)66)64(47-21-8-4-9-22-47)48-23-10-5-11-24-48)55-37-35-52(42-60(55)67-59)65(49-25-12-6-13-26-49)50-27-14-7-15-28-50/h4-42H,1-3H3. The molecule has 4 nitrogen and oxygen atoms in total. The summed E-state index contributed by atoms with van der Waals surface area (Å²) >= 11 is 0. The number of ether oxygens (including phenoxy) is 1. The van der Waals surface area contributed by atoms with E-state index in [4.69, 9.17) is 4.74 Å². The van der Waals surface area contributed by atoms with E-state index in [-0.39, 0.29) is 12.1 Å². The maximum Gasteiger partial charge on any atom is 0.256 e. The number of benzene rings is 10. The molecule has 10 aromatic carbocycles. The van der Waals surface area contributed by atoms with E-state index < -0.39 is 0 Å². The Hall–Kier alpha value is -8.28. The molecule has 0 fully saturated rings. The van der Waals surface area contributed by atoms with Crippen LogP contribution in [0.5, 0.6) is 11.5 Å². The molecule has 0 bridgehead atoms. The topological polar surface area (TPSA) is 19.0 Å². The first kappa shape index (κ1) is 40.3. The van der Waals surface area contributed by atoms with Crippen LogP contribution in [0.3, 0.4) is 0 Å². The van der Waals surface area contributed by atoms with Gasteiger partial charge in [-0.3, -0.25) is 0 Å². The first-order valence-corrected chi connectivity index (χ1v) is 23.2. The number of rotatable bonds is 8. The summed E-state index contributed by atoms with van der Waals surface area (Å²) in [6.07, 6.45) is 0. The molecule has 2 heterocycles. The van der Waals surface area contributed by atoms with Crippen LogP contribution in [0.4, 0.5) is 51.2 Å². The minimum atomic E-state index is -0.0916. The Morgan fingerprint density at radius 1 is 0.388 bits per heavy atom. The molecule has 320 valence electrons. The van der Waals surface area contributed by atoms with Gasteiger partial charge in [0, 0.05) is 57.1 Å². The second-order valence-corrected chi connectivity index (χ2v) is 18.6. The third-order valence-electron chi connectivity index (χ3n) is 13.4. The van der Waals surface area contributed by atoms with Crippen molar-refractivity contribution in [2.75, 3.05) is 14.7 Å². The van der Waals surface area contributed by atoms with E-state index >= 15 is 0 Å². The molecule has 2 aliphatic heterocycles. The molecule has 0 saturated carbocycles. The van der Waals surface area contributed by atoms with E-state index in [2.05, 4.69) is 272 Å². The summed E-state index contributed by atoms with van der Waals surface area (Å²) in [5.74, 6) is 1.72. The zero-order valence-electron chi connectivity index (χ0n) is 37.8. The molecule has 2 aliphatic rings. The fourth-order valence-corrected chi connectivity index (χ4v) is 10.2. The van der Waals surface area contributed by atoms with E-state index in [1.807, 2.05) is 0 Å². The van der Waals surface area contributed by atoms with Crippen molar-refractivity contribution in [2.45, 2.75) is 26.2 Å². The van der Waals surface area contributed by atoms with Crippen LogP contribution in [0.15, 0.2) is 237 Å². The number of hydrogen-bond acceptors (Lipinski definition) is 4. The summed E-state index contributed by atoms with van der Waals surface area (Å²) in [6.45, 7) is 6.81. The summed E-state index contributed by atoms with van der Waals surface area (Å²) in [4.78, 5) is 7.17. The smallest absolute Gasteiger partial charge is 0.256 e. The van der Waals surface area contributed by atoms with Crippen LogP contribution in [-0.4, -0.2) is 6.71 Å². The van der Waals surface area contributed by atoms with Gasteiger partial charge in [-0.05, 0) is 141 Å². The first-order chi connectivity index (χ1) is 32.9. The first-order valence-electron chi connectivity index (χ1n) is 23.2. The van der Waals surface area contributed by atoms with E-state index in [0.717, 1.165) is 68.1 Å². The molecule has 67 heavy (non-hydrogen) atoms. The van der Waals surface area contributed by atoms with Gasteiger partial charge in [0.15, 0.2) is 0 Å². The Bertz CT molecular complexity index is 3360. The number of nitrogens with zero attached hydrogens (tertiary/aromatic N) is 3. The zero-order valence-corrected chi connectivity index (χ0v) is 37.8. The lowest BCUT2D eigenvalue weighted by Gasteiger charge is -2.41. The Morgan fingerprint density at radius 3 is 1.54 bits per heavy atom. The van der Waals surface area contributed by atoms with Gasteiger partial charge in [-0.25, -0.2) is 0 Å². The lowest BCUT2D eigenvalue weighted by atomic mass is 9.34. The van der Waals surface area contributed by atoms with Gasteiger partial charge in [0.25, 0.3) is 6.71 Å². The molecule has 0 spiro atoms. The highest BCUT2D eigenvalue weighted by Crippen LogP contribution is 2.48. The fraction of sp³-hybridized carbons (Fsp3) is 0.0645. The van der Waals surface area contributed by atoms with Crippen LogP contribution in [0.25, 0.3) is 21.9 Å². The van der Waals surface area contributed by atoms with Crippen molar-refractivity contribution in [1.29, 1.82) is 0 Å². The SMILES string of the molecule is CC(C)(C)c1ccc(N2c3cc(N(c4ccccc4)c4ccccc4)ccc3B3c4ccc(N(c5ccccc5)c5ccccc5)cc4Oc4cccc2c43)c(-c2ccc3ccccc3c2)c1. The van der Waals surface area contributed by atoms with Gasteiger partial charge in [-0.15, -0.1) is 0 Å². The lowest BCUT2D eigenvalue weighted by molar-refractivity contribution is 0.487. The molecule has 0 aromatic heterocycles. The summed E-state index contributed by atoms with van der Waals surface area (Å²) in [5, 5.41) is 2.44. The Kier molecular flexibility index (Phi) is 9.80. The molecule has 10 aromatic rings. The largest absolute Gasteiger partial charge is 0.458 e. The monoisotopic (exact) mass is 861 g/mol. The molecule has 0 unspecified atom stereocenters. The lowest BCUT2D eigenvalue weighted by Crippen LogP contribution is -2.59. The highest BCUT2D eigenvalue weighted by molar-refractivity contribution is 6.99. The Labute approximate surface area is 393 Å².